The Labute approximate surface area is 65.0 Å². The molecule has 0 heterocycles. The number of nitrogens with zero attached hydrogens (tertiary/aromatic N) is 1. The maximum atomic E-state index is 10.8. The summed E-state index contributed by atoms with van der Waals surface area (Å²) in [4.78, 5) is 22.2. The van der Waals surface area contributed by atoms with Crippen molar-refractivity contribution < 1.29 is 14.7 Å². The normalized spacial score (nSPS) is 12.0. The van der Waals surface area contributed by atoms with Crippen LogP contribution in [0.1, 0.15) is 6.92 Å². The summed E-state index contributed by atoms with van der Waals surface area (Å²) in [5.74, 6) is -0.462. The summed E-state index contributed by atoms with van der Waals surface area (Å²) in [6.45, 7) is 1.21. The van der Waals surface area contributed by atoms with E-state index in [2.05, 4.69) is 5.32 Å². The van der Waals surface area contributed by atoms with Gasteiger partial charge in [0.1, 0.15) is 0 Å². The summed E-state index contributed by atoms with van der Waals surface area (Å²) in [5.41, 5.74) is 0. The highest BCUT2D eigenvalue weighted by Gasteiger charge is 2.19. The van der Waals surface area contributed by atoms with Gasteiger partial charge in [-0.3, -0.25) is 9.69 Å². The fourth-order valence-corrected chi connectivity index (χ4v) is 0.560. The van der Waals surface area contributed by atoms with E-state index < -0.39 is 18.0 Å². The van der Waals surface area contributed by atoms with Crippen LogP contribution in [0.5, 0.6) is 0 Å². The number of carbonyl (C=O) groups is 2. The smallest absolute Gasteiger partial charge is 0.319 e. The van der Waals surface area contributed by atoms with Crippen LogP contribution in [-0.2, 0) is 4.79 Å². The topological polar surface area (TPSA) is 69.6 Å². The Kier molecular flexibility index (Phi) is 3.53. The first kappa shape index (κ1) is 9.90. The molecule has 5 nitrogen and oxygen atoms in total. The first-order valence-electron chi connectivity index (χ1n) is 3.13. The summed E-state index contributed by atoms with van der Waals surface area (Å²) < 4.78 is 0. The molecule has 1 unspecified atom stereocenters. The molecule has 5 heteroatoms. The first-order valence-corrected chi connectivity index (χ1v) is 3.13. The molecule has 64 valence electrons. The average molecular weight is 160 g/mol. The lowest BCUT2D eigenvalue weighted by molar-refractivity contribution is -0.131. The van der Waals surface area contributed by atoms with Gasteiger partial charge in [-0.05, 0) is 6.92 Å². The Morgan fingerprint density at radius 1 is 1.55 bits per heavy atom. The van der Waals surface area contributed by atoms with Crippen molar-refractivity contribution in [2.24, 2.45) is 0 Å². The number of aliphatic hydroxyl groups is 1. The predicted molar refractivity (Wildman–Crippen MR) is 38.9 cm³/mol. The summed E-state index contributed by atoms with van der Waals surface area (Å²) in [6.07, 6.45) is -1.35. The van der Waals surface area contributed by atoms with Gasteiger partial charge in [-0.25, -0.2) is 4.79 Å². The van der Waals surface area contributed by atoms with Crippen molar-refractivity contribution in [2.75, 3.05) is 14.1 Å². The van der Waals surface area contributed by atoms with Crippen molar-refractivity contribution in [3.63, 3.8) is 0 Å². The second kappa shape index (κ2) is 3.92. The van der Waals surface area contributed by atoms with Crippen LogP contribution >= 0.6 is 0 Å². The third-order valence-corrected chi connectivity index (χ3v) is 1.26. The van der Waals surface area contributed by atoms with E-state index in [0.29, 0.717) is 0 Å². The van der Waals surface area contributed by atoms with Gasteiger partial charge in [0, 0.05) is 14.1 Å². The molecule has 11 heavy (non-hydrogen) atoms. The molecule has 0 saturated heterocycles. The number of likely N-dealkylation sites (N-methyl/N-ethyl adjacent to an activating group) is 1. The quantitative estimate of drug-likeness (QED) is 0.518. The number of nitrogens with one attached hydrogen (secondary N) is 1. The Balaban J connectivity index is 4.12. The molecule has 0 radical (unpaired) electrons. The largest absolute Gasteiger partial charge is 0.367 e. The van der Waals surface area contributed by atoms with E-state index in [1.54, 1.807) is 0 Å². The lowest BCUT2D eigenvalue weighted by Crippen LogP contribution is -2.45. The van der Waals surface area contributed by atoms with Crippen LogP contribution in [0.15, 0.2) is 0 Å². The fraction of sp³-hybridized carbons (Fsp3) is 0.667. The van der Waals surface area contributed by atoms with Gasteiger partial charge in [0.2, 0.25) is 0 Å². The van der Waals surface area contributed by atoms with Crippen molar-refractivity contribution in [3.05, 3.63) is 0 Å². The van der Waals surface area contributed by atoms with Gasteiger partial charge < -0.3 is 10.4 Å². The van der Waals surface area contributed by atoms with E-state index in [-0.39, 0.29) is 0 Å². The van der Waals surface area contributed by atoms with Gasteiger partial charge in [0.05, 0.1) is 0 Å². The molecule has 0 aromatic carbocycles. The number of Topliss-reactive ketones (excluding diaryl/α,β-unsaturated/α-hetero) is 1. The highest BCUT2D eigenvalue weighted by molar-refractivity contribution is 5.85. The molecule has 0 spiro atoms. The molecule has 0 bridgehead atoms. The zero-order valence-corrected chi connectivity index (χ0v) is 6.79. The molecule has 0 aliphatic rings. The molecule has 1 atom stereocenters. The lowest BCUT2D eigenvalue weighted by Gasteiger charge is -2.20. The number of rotatable bonds is 2. The predicted octanol–water partition coefficient (Wildman–Crippen LogP) is -0.835. The minimum absolute atomic E-state index is 0.462. The van der Waals surface area contributed by atoms with E-state index in [1.165, 1.54) is 21.0 Å². The molecule has 0 aliphatic heterocycles. The third-order valence-electron chi connectivity index (χ3n) is 1.26. The highest BCUT2D eigenvalue weighted by atomic mass is 16.3. The molecular weight excluding hydrogens is 148 g/mol. The maximum Gasteiger partial charge on any atom is 0.319 e. The summed E-state index contributed by atoms with van der Waals surface area (Å²) >= 11 is 0. The SMILES string of the molecule is CNC(=O)N(C)C(O)C(C)=O. The molecule has 0 aromatic rings. The number of carbonyl (C=O) groups excluding carboxylic acids is 2. The minimum atomic E-state index is -1.35. The van der Waals surface area contributed by atoms with Gasteiger partial charge in [-0.2, -0.15) is 0 Å². The van der Waals surface area contributed by atoms with Crippen LogP contribution in [0.4, 0.5) is 4.79 Å². The van der Waals surface area contributed by atoms with Gasteiger partial charge >= 0.3 is 6.03 Å². The van der Waals surface area contributed by atoms with Crippen molar-refractivity contribution in [1.29, 1.82) is 0 Å². The van der Waals surface area contributed by atoms with Crippen LogP contribution in [0, 0.1) is 0 Å². The zero-order chi connectivity index (χ0) is 9.02. The van der Waals surface area contributed by atoms with Gasteiger partial charge in [0.25, 0.3) is 0 Å². The number of hydrogen-bond donors (Lipinski definition) is 2. The molecular formula is C6H12N2O3. The highest BCUT2D eigenvalue weighted by Crippen LogP contribution is 1.93. The molecule has 0 rings (SSSR count). The zero-order valence-electron chi connectivity index (χ0n) is 6.79. The molecule has 2 N–H and O–H groups in total. The van der Waals surface area contributed by atoms with Crippen LogP contribution in [-0.4, -0.2) is 42.1 Å². The van der Waals surface area contributed by atoms with Crippen LogP contribution < -0.4 is 5.32 Å². The average Bonchev–Trinajstić information content (AvgIpc) is 2.00. The number of urea groups is 1. The Hall–Kier alpha value is -1.10. The maximum absolute atomic E-state index is 10.8. The third kappa shape index (κ3) is 2.55. The summed E-state index contributed by atoms with van der Waals surface area (Å²) in [6, 6.07) is -0.493. The van der Waals surface area contributed by atoms with E-state index in [4.69, 9.17) is 5.11 Å². The van der Waals surface area contributed by atoms with Crippen molar-refractivity contribution in [1.82, 2.24) is 10.2 Å². The Morgan fingerprint density at radius 3 is 2.27 bits per heavy atom. The number of aliphatic hydroxyl groups excluding tert-OH is 1. The monoisotopic (exact) mass is 160 g/mol. The summed E-state index contributed by atoms with van der Waals surface area (Å²) in [7, 11) is 2.76. The summed E-state index contributed by atoms with van der Waals surface area (Å²) in [5, 5.41) is 11.3. The van der Waals surface area contributed by atoms with Gasteiger partial charge in [-0.1, -0.05) is 0 Å². The van der Waals surface area contributed by atoms with Crippen LogP contribution in [0.3, 0.4) is 0 Å². The molecule has 0 aliphatic carbocycles. The van der Waals surface area contributed by atoms with E-state index in [1.807, 2.05) is 0 Å². The van der Waals surface area contributed by atoms with E-state index >= 15 is 0 Å². The van der Waals surface area contributed by atoms with E-state index in [0.717, 1.165) is 4.90 Å². The second-order valence-electron chi connectivity index (χ2n) is 2.15. The van der Waals surface area contributed by atoms with Gasteiger partial charge in [-0.15, -0.1) is 0 Å². The number of hydrogen-bond acceptors (Lipinski definition) is 3. The first-order chi connectivity index (χ1) is 5.00. The molecule has 0 aromatic heterocycles. The number of ketones is 1. The van der Waals surface area contributed by atoms with Crippen molar-refractivity contribution in [2.45, 2.75) is 13.2 Å². The van der Waals surface area contributed by atoms with E-state index in [9.17, 15) is 9.59 Å². The fourth-order valence-electron chi connectivity index (χ4n) is 0.560. The lowest BCUT2D eigenvalue weighted by atomic mass is 10.4. The van der Waals surface area contributed by atoms with Crippen molar-refractivity contribution >= 4 is 11.8 Å². The standard InChI is InChI=1S/C6H12N2O3/c1-4(9)5(10)8(3)6(11)7-2/h5,10H,1-3H3,(H,7,11). The Bertz CT molecular complexity index is 169. The molecule has 0 fully saturated rings. The van der Waals surface area contributed by atoms with Gasteiger partial charge in [0.15, 0.2) is 12.0 Å². The number of amides is 2. The van der Waals surface area contributed by atoms with Crippen molar-refractivity contribution in [3.8, 4) is 0 Å². The molecule has 2 amide bonds. The minimum Gasteiger partial charge on any atom is -0.367 e. The van der Waals surface area contributed by atoms with Crippen LogP contribution in [0.25, 0.3) is 0 Å². The molecule has 0 saturated carbocycles. The Morgan fingerprint density at radius 2 is 2.00 bits per heavy atom. The second-order valence-corrected chi connectivity index (χ2v) is 2.15. The van der Waals surface area contributed by atoms with Crippen LogP contribution in [0.2, 0.25) is 0 Å².